The van der Waals surface area contributed by atoms with E-state index in [1.54, 1.807) is 13.8 Å². The molecule has 0 N–H and O–H groups in total. The summed E-state index contributed by atoms with van der Waals surface area (Å²) < 4.78 is 10.8. The van der Waals surface area contributed by atoms with Crippen LogP contribution in [0, 0.1) is 28.1 Å². The minimum atomic E-state index is -1.21. The zero-order chi connectivity index (χ0) is 19.8. The van der Waals surface area contributed by atoms with Crippen molar-refractivity contribution in [1.82, 2.24) is 0 Å². The molecule has 0 spiro atoms. The molecule has 0 heterocycles. The van der Waals surface area contributed by atoms with Crippen molar-refractivity contribution in [2.24, 2.45) is 28.1 Å². The number of carbonyl (C=O) groups is 2. The molecule has 148 valence electrons. The highest BCUT2D eigenvalue weighted by molar-refractivity contribution is 6.00. The Morgan fingerprint density at radius 2 is 1.54 bits per heavy atom. The van der Waals surface area contributed by atoms with Gasteiger partial charge in [0.1, 0.15) is 0 Å². The van der Waals surface area contributed by atoms with Crippen LogP contribution in [0.3, 0.4) is 0 Å². The van der Waals surface area contributed by atoms with Crippen molar-refractivity contribution in [2.75, 3.05) is 13.2 Å². The number of hydrogen-bond donors (Lipinski definition) is 0. The highest BCUT2D eigenvalue weighted by atomic mass is 16.6. The Bertz CT molecular complexity index is 559. The summed E-state index contributed by atoms with van der Waals surface area (Å²) in [6, 6.07) is 0. The van der Waals surface area contributed by atoms with Gasteiger partial charge in [-0.15, -0.1) is 0 Å². The van der Waals surface area contributed by atoms with Gasteiger partial charge >= 0.3 is 11.9 Å². The van der Waals surface area contributed by atoms with Crippen LogP contribution in [0.2, 0.25) is 0 Å². The van der Waals surface area contributed by atoms with Crippen LogP contribution < -0.4 is 0 Å². The lowest BCUT2D eigenvalue weighted by atomic mass is 9.43. The fourth-order valence-corrected chi connectivity index (χ4v) is 5.80. The normalized spacial score (nSPS) is 32.2. The van der Waals surface area contributed by atoms with Crippen molar-refractivity contribution in [1.29, 1.82) is 0 Å². The van der Waals surface area contributed by atoms with Gasteiger partial charge in [-0.05, 0) is 69.1 Å². The van der Waals surface area contributed by atoms with Crippen LogP contribution in [-0.4, -0.2) is 25.2 Å². The average molecular weight is 365 g/mol. The fraction of sp³-hybridized carbons (Fsp3) is 0.818. The van der Waals surface area contributed by atoms with Gasteiger partial charge in [-0.1, -0.05) is 39.3 Å². The van der Waals surface area contributed by atoms with E-state index in [0.29, 0.717) is 12.8 Å². The molecule has 2 saturated carbocycles. The lowest BCUT2D eigenvalue weighted by Crippen LogP contribution is -2.58. The first-order valence-electron chi connectivity index (χ1n) is 10.0. The van der Waals surface area contributed by atoms with E-state index in [2.05, 4.69) is 27.4 Å². The van der Waals surface area contributed by atoms with Crippen molar-refractivity contribution < 1.29 is 19.1 Å². The van der Waals surface area contributed by atoms with Gasteiger partial charge in [-0.2, -0.15) is 0 Å². The molecular formula is C22H36O4. The summed E-state index contributed by atoms with van der Waals surface area (Å²) in [4.78, 5) is 26.1. The largest absolute Gasteiger partial charge is 0.465 e. The molecule has 0 aromatic rings. The summed E-state index contributed by atoms with van der Waals surface area (Å²) in [5, 5.41) is 0. The minimum absolute atomic E-state index is 0.0517. The van der Waals surface area contributed by atoms with Crippen LogP contribution in [0.1, 0.15) is 73.6 Å². The highest BCUT2D eigenvalue weighted by Crippen LogP contribution is 2.65. The number of hydrogen-bond acceptors (Lipinski definition) is 4. The molecule has 0 aromatic carbocycles. The average Bonchev–Trinajstić information content (AvgIpc) is 2.54. The third-order valence-electron chi connectivity index (χ3n) is 7.10. The number of allylic oxidation sites excluding steroid dienone is 1. The summed E-state index contributed by atoms with van der Waals surface area (Å²) in [6.07, 6.45) is 4.36. The molecule has 26 heavy (non-hydrogen) atoms. The molecule has 0 aromatic heterocycles. The van der Waals surface area contributed by atoms with Gasteiger partial charge in [-0.3, -0.25) is 9.59 Å². The molecule has 0 aliphatic heterocycles. The van der Waals surface area contributed by atoms with E-state index in [9.17, 15) is 9.59 Å². The molecule has 2 aliphatic carbocycles. The summed E-state index contributed by atoms with van der Waals surface area (Å²) in [6.45, 7) is 17.2. The zero-order valence-corrected chi connectivity index (χ0v) is 17.4. The van der Waals surface area contributed by atoms with E-state index < -0.39 is 17.4 Å². The second kappa shape index (κ2) is 7.36. The first-order valence-corrected chi connectivity index (χ1v) is 10.0. The second-order valence-corrected chi connectivity index (χ2v) is 9.23. The monoisotopic (exact) mass is 364 g/mol. The van der Waals surface area contributed by atoms with E-state index in [-0.39, 0.29) is 35.9 Å². The van der Waals surface area contributed by atoms with Gasteiger partial charge in [0, 0.05) is 0 Å². The Labute approximate surface area is 158 Å². The Hall–Kier alpha value is -1.32. The number of esters is 2. The molecule has 4 heteroatoms. The lowest BCUT2D eigenvalue weighted by molar-refractivity contribution is -0.188. The Morgan fingerprint density at radius 3 is 2.00 bits per heavy atom. The van der Waals surface area contributed by atoms with Crippen LogP contribution in [0.4, 0.5) is 0 Å². The smallest absolute Gasteiger partial charge is 0.323 e. The van der Waals surface area contributed by atoms with Crippen LogP contribution in [0.15, 0.2) is 12.2 Å². The minimum Gasteiger partial charge on any atom is -0.465 e. The maximum absolute atomic E-state index is 13.0. The third-order valence-corrected chi connectivity index (χ3v) is 7.10. The summed E-state index contributed by atoms with van der Waals surface area (Å²) in [7, 11) is 0. The number of rotatable bonds is 5. The van der Waals surface area contributed by atoms with Crippen molar-refractivity contribution in [2.45, 2.75) is 73.6 Å². The maximum Gasteiger partial charge on any atom is 0.323 e. The predicted molar refractivity (Wildman–Crippen MR) is 102 cm³/mol. The molecule has 1 unspecified atom stereocenters. The molecular weight excluding hydrogens is 328 g/mol. The molecule has 0 bridgehead atoms. The van der Waals surface area contributed by atoms with Crippen molar-refractivity contribution in [3.05, 3.63) is 12.2 Å². The molecule has 0 amide bonds. The first kappa shape index (κ1) is 21.0. The van der Waals surface area contributed by atoms with Crippen molar-refractivity contribution in [3.63, 3.8) is 0 Å². The Morgan fingerprint density at radius 1 is 1.00 bits per heavy atom. The maximum atomic E-state index is 13.0. The van der Waals surface area contributed by atoms with Gasteiger partial charge in [0.25, 0.3) is 0 Å². The lowest BCUT2D eigenvalue weighted by Gasteiger charge is -2.60. The molecule has 2 fully saturated rings. The molecule has 2 rings (SSSR count). The fourth-order valence-electron chi connectivity index (χ4n) is 5.80. The standard InChI is InChI=1S/C22H36O4/c1-8-25-18(23)22(19(24)26-9-2)13-16(15(3)4)21(7)12-10-11-20(5,6)17(21)14-22/h16-17H,3,8-14H2,1-2,4-7H3/t16-,17?,21-/m1/s1. The first-order chi connectivity index (χ1) is 12.0. The van der Waals surface area contributed by atoms with Crippen LogP contribution >= 0.6 is 0 Å². The van der Waals surface area contributed by atoms with Crippen LogP contribution in [-0.2, 0) is 19.1 Å². The molecule has 0 radical (unpaired) electrons. The van der Waals surface area contributed by atoms with Crippen molar-refractivity contribution in [3.8, 4) is 0 Å². The number of ether oxygens (including phenoxy) is 2. The summed E-state index contributed by atoms with van der Waals surface area (Å²) in [5.41, 5.74) is -0.0524. The van der Waals surface area contributed by atoms with Crippen molar-refractivity contribution >= 4 is 11.9 Å². The number of fused-ring (bicyclic) bond motifs is 1. The molecule has 3 atom stereocenters. The van der Waals surface area contributed by atoms with E-state index in [1.165, 1.54) is 6.42 Å². The second-order valence-electron chi connectivity index (χ2n) is 9.23. The Kier molecular flexibility index (Phi) is 5.94. The van der Waals surface area contributed by atoms with E-state index >= 15 is 0 Å². The predicted octanol–water partition coefficient (Wildman–Crippen LogP) is 4.92. The number of carbonyl (C=O) groups excluding carboxylic acids is 2. The van der Waals surface area contributed by atoms with Gasteiger partial charge in [0.2, 0.25) is 0 Å². The molecule has 0 saturated heterocycles. The van der Waals surface area contributed by atoms with Gasteiger partial charge in [0.05, 0.1) is 13.2 Å². The van der Waals surface area contributed by atoms with E-state index in [1.807, 2.05) is 6.92 Å². The summed E-state index contributed by atoms with van der Waals surface area (Å²) >= 11 is 0. The Balaban J connectivity index is 2.58. The van der Waals surface area contributed by atoms with Gasteiger partial charge in [0.15, 0.2) is 5.41 Å². The van der Waals surface area contributed by atoms with Crippen LogP contribution in [0.25, 0.3) is 0 Å². The zero-order valence-electron chi connectivity index (χ0n) is 17.4. The quantitative estimate of drug-likeness (QED) is 0.395. The third kappa shape index (κ3) is 3.32. The molecule has 4 nitrogen and oxygen atoms in total. The van der Waals surface area contributed by atoms with Gasteiger partial charge < -0.3 is 9.47 Å². The SMILES string of the molecule is C=C(C)[C@H]1CC(C(=O)OCC)(C(=O)OCC)CC2C(C)(C)CCC[C@@]21C. The van der Waals surface area contributed by atoms with Gasteiger partial charge in [-0.25, -0.2) is 0 Å². The topological polar surface area (TPSA) is 52.6 Å². The summed E-state index contributed by atoms with van der Waals surface area (Å²) in [5.74, 6) is -0.496. The van der Waals surface area contributed by atoms with Crippen LogP contribution in [0.5, 0.6) is 0 Å². The van der Waals surface area contributed by atoms with E-state index in [0.717, 1.165) is 18.4 Å². The van der Waals surface area contributed by atoms with E-state index in [4.69, 9.17) is 9.47 Å². The molecule has 2 aliphatic rings. The highest BCUT2D eigenvalue weighted by Gasteiger charge is 2.63.